The first-order valence-corrected chi connectivity index (χ1v) is 4.40. The molecule has 69 valence electrons. The molecule has 0 bridgehead atoms. The standard InChI is InChI=1S/C11H10N3/c1-8-3-4-11(13-5-8)10-6-12-7-14-9(10)2/h3-6H,1-2H3. The van der Waals surface area contributed by atoms with Crippen LogP contribution in [-0.2, 0) is 0 Å². The van der Waals surface area contributed by atoms with E-state index < -0.39 is 0 Å². The zero-order chi connectivity index (χ0) is 9.97. The molecule has 0 amide bonds. The summed E-state index contributed by atoms with van der Waals surface area (Å²) in [6, 6.07) is 4.00. The second-order valence-electron chi connectivity index (χ2n) is 3.19. The van der Waals surface area contributed by atoms with Gasteiger partial charge in [-0.2, -0.15) is 0 Å². The van der Waals surface area contributed by atoms with Crippen LogP contribution in [0.4, 0.5) is 0 Å². The van der Waals surface area contributed by atoms with Crippen molar-refractivity contribution < 1.29 is 0 Å². The van der Waals surface area contributed by atoms with Gasteiger partial charge in [0.2, 0.25) is 0 Å². The van der Waals surface area contributed by atoms with Crippen molar-refractivity contribution in [2.75, 3.05) is 0 Å². The summed E-state index contributed by atoms with van der Waals surface area (Å²) in [5.74, 6) is 0. The van der Waals surface area contributed by atoms with Crippen LogP contribution in [0.2, 0.25) is 0 Å². The lowest BCUT2D eigenvalue weighted by atomic mass is 10.1. The van der Waals surface area contributed by atoms with Crippen LogP contribution in [0, 0.1) is 20.2 Å². The maximum Gasteiger partial charge on any atom is 0.197 e. The largest absolute Gasteiger partial charge is 0.256 e. The van der Waals surface area contributed by atoms with Gasteiger partial charge in [-0.15, -0.1) is 0 Å². The van der Waals surface area contributed by atoms with Gasteiger partial charge in [-0.25, -0.2) is 9.97 Å². The Balaban J connectivity index is 2.50. The summed E-state index contributed by atoms with van der Waals surface area (Å²) in [4.78, 5) is 12.2. The van der Waals surface area contributed by atoms with E-state index in [9.17, 15) is 0 Å². The normalized spacial score (nSPS) is 10.1. The molecule has 1 radical (unpaired) electrons. The summed E-state index contributed by atoms with van der Waals surface area (Å²) in [6.45, 7) is 3.94. The Kier molecular flexibility index (Phi) is 2.23. The first-order valence-electron chi connectivity index (χ1n) is 4.40. The molecule has 2 heterocycles. The molecule has 0 spiro atoms. The molecule has 0 aliphatic carbocycles. The van der Waals surface area contributed by atoms with E-state index in [1.165, 1.54) is 0 Å². The lowest BCUT2D eigenvalue weighted by Crippen LogP contribution is -1.91. The van der Waals surface area contributed by atoms with E-state index in [4.69, 9.17) is 0 Å². The predicted octanol–water partition coefficient (Wildman–Crippen LogP) is 1.96. The van der Waals surface area contributed by atoms with Gasteiger partial charge >= 0.3 is 0 Å². The van der Waals surface area contributed by atoms with Crippen molar-refractivity contribution in [3.63, 3.8) is 0 Å². The molecule has 2 aromatic heterocycles. The lowest BCUT2D eigenvalue weighted by molar-refractivity contribution is 1.08. The maximum atomic E-state index is 4.32. The van der Waals surface area contributed by atoms with Crippen LogP contribution in [0.1, 0.15) is 11.3 Å². The summed E-state index contributed by atoms with van der Waals surface area (Å²) < 4.78 is 0. The van der Waals surface area contributed by atoms with Crippen LogP contribution >= 0.6 is 0 Å². The van der Waals surface area contributed by atoms with E-state index in [2.05, 4.69) is 21.3 Å². The number of hydrogen-bond donors (Lipinski definition) is 0. The minimum atomic E-state index is 0.899. The summed E-state index contributed by atoms with van der Waals surface area (Å²) in [5.41, 5.74) is 3.91. The minimum Gasteiger partial charge on any atom is -0.256 e. The van der Waals surface area contributed by atoms with Crippen molar-refractivity contribution in [2.45, 2.75) is 13.8 Å². The summed E-state index contributed by atoms with van der Waals surface area (Å²) >= 11 is 0. The number of rotatable bonds is 1. The number of aryl methyl sites for hydroxylation is 2. The van der Waals surface area contributed by atoms with E-state index in [-0.39, 0.29) is 0 Å². The van der Waals surface area contributed by atoms with Crippen LogP contribution in [0.25, 0.3) is 11.3 Å². The number of aromatic nitrogens is 3. The molecule has 0 N–H and O–H groups in total. The summed E-state index contributed by atoms with van der Waals surface area (Å²) in [6.07, 6.45) is 6.13. The van der Waals surface area contributed by atoms with Crippen molar-refractivity contribution in [2.24, 2.45) is 0 Å². The molecule has 0 unspecified atom stereocenters. The van der Waals surface area contributed by atoms with E-state index in [0.29, 0.717) is 0 Å². The fourth-order valence-corrected chi connectivity index (χ4v) is 1.23. The molecule has 0 fully saturated rings. The van der Waals surface area contributed by atoms with E-state index in [0.717, 1.165) is 22.5 Å². The molecule has 2 rings (SSSR count). The molecule has 0 saturated heterocycles. The van der Waals surface area contributed by atoms with Gasteiger partial charge in [0, 0.05) is 18.0 Å². The van der Waals surface area contributed by atoms with Gasteiger partial charge in [-0.3, -0.25) is 4.98 Å². The fourth-order valence-electron chi connectivity index (χ4n) is 1.23. The summed E-state index contributed by atoms with van der Waals surface area (Å²) in [7, 11) is 0. The van der Waals surface area contributed by atoms with Gasteiger partial charge < -0.3 is 0 Å². The van der Waals surface area contributed by atoms with Gasteiger partial charge in [0.05, 0.1) is 11.4 Å². The number of pyridine rings is 1. The van der Waals surface area contributed by atoms with Crippen LogP contribution in [-0.4, -0.2) is 15.0 Å². The smallest absolute Gasteiger partial charge is 0.197 e. The van der Waals surface area contributed by atoms with E-state index in [1.54, 1.807) is 6.20 Å². The third-order valence-electron chi connectivity index (χ3n) is 2.05. The molecule has 0 aromatic carbocycles. The molecule has 14 heavy (non-hydrogen) atoms. The van der Waals surface area contributed by atoms with Crippen LogP contribution in [0.5, 0.6) is 0 Å². The Hall–Kier alpha value is -1.77. The average Bonchev–Trinajstić information content (AvgIpc) is 2.20. The van der Waals surface area contributed by atoms with Crippen LogP contribution in [0.15, 0.2) is 24.5 Å². The Morgan fingerprint density at radius 1 is 1.14 bits per heavy atom. The first-order chi connectivity index (χ1) is 6.77. The van der Waals surface area contributed by atoms with Gasteiger partial charge in [0.15, 0.2) is 6.33 Å². The highest BCUT2D eigenvalue weighted by molar-refractivity contribution is 5.60. The average molecular weight is 184 g/mol. The highest BCUT2D eigenvalue weighted by Gasteiger charge is 2.03. The lowest BCUT2D eigenvalue weighted by Gasteiger charge is -2.02. The zero-order valence-electron chi connectivity index (χ0n) is 8.15. The van der Waals surface area contributed by atoms with Gasteiger partial charge in [-0.05, 0) is 25.5 Å². The van der Waals surface area contributed by atoms with Crippen molar-refractivity contribution >= 4 is 0 Å². The highest BCUT2D eigenvalue weighted by atomic mass is 14.8. The van der Waals surface area contributed by atoms with E-state index in [1.807, 2.05) is 32.2 Å². The SMILES string of the molecule is Cc1ccc(-c2cn[c]nc2C)nc1. The number of nitrogens with zero attached hydrogens (tertiary/aromatic N) is 3. The first kappa shape index (κ1) is 8.81. The van der Waals surface area contributed by atoms with Crippen molar-refractivity contribution in [3.8, 4) is 11.3 Å². The van der Waals surface area contributed by atoms with E-state index >= 15 is 0 Å². The number of hydrogen-bond acceptors (Lipinski definition) is 3. The molecular formula is C11H10N3. The van der Waals surface area contributed by atoms with Crippen LogP contribution in [0.3, 0.4) is 0 Å². The molecule has 0 saturated carbocycles. The zero-order valence-corrected chi connectivity index (χ0v) is 8.15. The molecular weight excluding hydrogens is 174 g/mol. The monoisotopic (exact) mass is 184 g/mol. The Morgan fingerprint density at radius 2 is 2.00 bits per heavy atom. The molecule has 0 atom stereocenters. The van der Waals surface area contributed by atoms with Crippen molar-refractivity contribution in [1.29, 1.82) is 0 Å². The van der Waals surface area contributed by atoms with Gasteiger partial charge in [-0.1, -0.05) is 6.07 Å². The molecule has 2 aromatic rings. The molecule has 0 aliphatic heterocycles. The van der Waals surface area contributed by atoms with Gasteiger partial charge in [0.1, 0.15) is 0 Å². The van der Waals surface area contributed by atoms with Crippen LogP contribution < -0.4 is 0 Å². The van der Waals surface area contributed by atoms with Gasteiger partial charge in [0.25, 0.3) is 0 Å². The fraction of sp³-hybridized carbons (Fsp3) is 0.182. The molecule has 0 aliphatic rings. The maximum absolute atomic E-state index is 4.32. The Labute approximate surface area is 82.9 Å². The molecule has 3 nitrogen and oxygen atoms in total. The molecule has 3 heteroatoms. The minimum absolute atomic E-state index is 0.899. The Bertz CT molecular complexity index is 435. The van der Waals surface area contributed by atoms with Crippen molar-refractivity contribution in [1.82, 2.24) is 15.0 Å². The quantitative estimate of drug-likeness (QED) is 0.680. The third kappa shape index (κ3) is 1.62. The van der Waals surface area contributed by atoms with Crippen molar-refractivity contribution in [3.05, 3.63) is 42.1 Å². The second kappa shape index (κ2) is 3.54. The summed E-state index contributed by atoms with van der Waals surface area (Å²) in [5, 5.41) is 0. The predicted molar refractivity (Wildman–Crippen MR) is 53.6 cm³/mol. The topological polar surface area (TPSA) is 38.7 Å². The third-order valence-corrected chi connectivity index (χ3v) is 2.05. The highest BCUT2D eigenvalue weighted by Crippen LogP contribution is 2.17. The Morgan fingerprint density at radius 3 is 2.64 bits per heavy atom. The second-order valence-corrected chi connectivity index (χ2v) is 3.19.